The first-order valence-corrected chi connectivity index (χ1v) is 4.82. The lowest BCUT2D eigenvalue weighted by Crippen LogP contribution is -2.23. The number of halogens is 1. The lowest BCUT2D eigenvalue weighted by molar-refractivity contribution is 0.265. The molecule has 1 atom stereocenters. The Labute approximate surface area is 88.5 Å². The molecule has 0 fully saturated rings. The van der Waals surface area contributed by atoms with Gasteiger partial charge < -0.3 is 15.8 Å². The smallest absolute Gasteiger partial charge is 0.264 e. The van der Waals surface area contributed by atoms with E-state index < -0.39 is 0 Å². The number of aromatic amines is 1. The molecule has 0 saturated carbocycles. The van der Waals surface area contributed by atoms with Gasteiger partial charge in [-0.2, -0.15) is 0 Å². The van der Waals surface area contributed by atoms with Crippen molar-refractivity contribution in [3.8, 4) is 0 Å². The van der Waals surface area contributed by atoms with Gasteiger partial charge in [-0.05, 0) is 22.6 Å². The third kappa shape index (κ3) is 2.26. The number of nitrogens with zero attached hydrogens (tertiary/aromatic N) is 1. The number of H-pyrrole nitrogens is 1. The second-order valence-corrected chi connectivity index (χ2v) is 3.62. The minimum absolute atomic E-state index is 0.0943. The average Bonchev–Trinajstić information content (AvgIpc) is 2.14. The van der Waals surface area contributed by atoms with Gasteiger partial charge in [0, 0.05) is 12.5 Å². The number of nitrogens with two attached hydrogens (primary N) is 1. The number of nitrogens with one attached hydrogen (secondary N) is 1. The van der Waals surface area contributed by atoms with E-state index in [1.807, 2.05) is 22.6 Å². The summed E-state index contributed by atoms with van der Waals surface area (Å²) >= 11 is 1.89. The van der Waals surface area contributed by atoms with E-state index in [0.29, 0.717) is 9.26 Å². The molecule has 0 aliphatic carbocycles. The van der Waals surface area contributed by atoms with Gasteiger partial charge in [-0.1, -0.05) is 0 Å². The highest BCUT2D eigenvalue weighted by Crippen LogP contribution is 2.14. The summed E-state index contributed by atoms with van der Waals surface area (Å²) in [6.07, 6.45) is 1.32. The minimum atomic E-state index is -0.255. The van der Waals surface area contributed by atoms with Crippen LogP contribution >= 0.6 is 22.6 Å². The van der Waals surface area contributed by atoms with Crippen molar-refractivity contribution in [2.45, 2.75) is 5.92 Å². The molecule has 6 heteroatoms. The Morgan fingerprint density at radius 1 is 1.77 bits per heavy atom. The van der Waals surface area contributed by atoms with Gasteiger partial charge in [0.2, 0.25) is 0 Å². The highest BCUT2D eigenvalue weighted by atomic mass is 127. The van der Waals surface area contributed by atoms with Crippen molar-refractivity contribution in [3.05, 3.63) is 25.9 Å². The molecule has 0 aliphatic heterocycles. The molecular formula is C7H10IN3O2. The van der Waals surface area contributed by atoms with Crippen molar-refractivity contribution in [1.29, 1.82) is 0 Å². The third-order valence-electron chi connectivity index (χ3n) is 1.72. The van der Waals surface area contributed by atoms with Crippen molar-refractivity contribution in [2.75, 3.05) is 13.2 Å². The standard InChI is InChI=1S/C7H10IN3O2/c8-5-6(4(1-9)2-12)10-3-11-7(5)13/h3-4,12H,1-2,9H2,(H,10,11,13). The fraction of sp³-hybridized carbons (Fsp3) is 0.429. The number of aromatic nitrogens is 2. The summed E-state index contributed by atoms with van der Waals surface area (Å²) in [5, 5.41) is 8.96. The summed E-state index contributed by atoms with van der Waals surface area (Å²) in [7, 11) is 0. The van der Waals surface area contributed by atoms with Gasteiger partial charge in [0.25, 0.3) is 5.56 Å². The van der Waals surface area contributed by atoms with Gasteiger partial charge in [0.15, 0.2) is 0 Å². The maximum Gasteiger partial charge on any atom is 0.264 e. The molecule has 1 heterocycles. The lowest BCUT2D eigenvalue weighted by Gasteiger charge is -2.10. The topological polar surface area (TPSA) is 92.0 Å². The molecule has 5 nitrogen and oxygen atoms in total. The SMILES string of the molecule is NCC(CO)c1nc[nH]c(=O)c1I. The van der Waals surface area contributed by atoms with Crippen molar-refractivity contribution in [2.24, 2.45) is 5.73 Å². The van der Waals surface area contributed by atoms with E-state index in [1.165, 1.54) is 6.33 Å². The summed E-state index contributed by atoms with van der Waals surface area (Å²) in [5.74, 6) is -0.255. The van der Waals surface area contributed by atoms with Crippen LogP contribution < -0.4 is 11.3 Å². The fourth-order valence-corrected chi connectivity index (χ4v) is 1.69. The van der Waals surface area contributed by atoms with Crippen LogP contribution in [0.25, 0.3) is 0 Å². The Kier molecular flexibility index (Phi) is 3.82. The van der Waals surface area contributed by atoms with Crippen LogP contribution in [-0.2, 0) is 0 Å². The Balaban J connectivity index is 3.13. The van der Waals surface area contributed by atoms with Crippen LogP contribution in [0.15, 0.2) is 11.1 Å². The molecule has 1 unspecified atom stereocenters. The summed E-state index contributed by atoms with van der Waals surface area (Å²) in [4.78, 5) is 17.6. The molecule has 0 amide bonds. The summed E-state index contributed by atoms with van der Waals surface area (Å²) in [6, 6.07) is 0. The normalized spacial score (nSPS) is 12.8. The largest absolute Gasteiger partial charge is 0.396 e. The van der Waals surface area contributed by atoms with Gasteiger partial charge >= 0.3 is 0 Å². The molecule has 0 bridgehead atoms. The van der Waals surface area contributed by atoms with Crippen LogP contribution in [-0.4, -0.2) is 28.2 Å². The molecule has 0 radical (unpaired) electrons. The zero-order valence-electron chi connectivity index (χ0n) is 6.83. The van der Waals surface area contributed by atoms with E-state index in [2.05, 4.69) is 9.97 Å². The predicted octanol–water partition coefficient (Wildman–Crippen LogP) is -0.591. The van der Waals surface area contributed by atoms with E-state index in [-0.39, 0.29) is 24.6 Å². The maximum absolute atomic E-state index is 11.2. The highest BCUT2D eigenvalue weighted by molar-refractivity contribution is 14.1. The van der Waals surface area contributed by atoms with Crippen LogP contribution in [0.5, 0.6) is 0 Å². The molecule has 13 heavy (non-hydrogen) atoms. The van der Waals surface area contributed by atoms with E-state index in [9.17, 15) is 4.79 Å². The van der Waals surface area contributed by atoms with Gasteiger partial charge in [0.1, 0.15) is 3.57 Å². The predicted molar refractivity (Wildman–Crippen MR) is 56.5 cm³/mol. The zero-order valence-corrected chi connectivity index (χ0v) is 8.98. The lowest BCUT2D eigenvalue weighted by atomic mass is 10.1. The first-order valence-electron chi connectivity index (χ1n) is 3.74. The fourth-order valence-electron chi connectivity index (χ4n) is 0.954. The van der Waals surface area contributed by atoms with Crippen molar-refractivity contribution >= 4 is 22.6 Å². The molecule has 4 N–H and O–H groups in total. The Morgan fingerprint density at radius 3 is 3.00 bits per heavy atom. The van der Waals surface area contributed by atoms with E-state index in [4.69, 9.17) is 10.8 Å². The number of hydrogen-bond donors (Lipinski definition) is 3. The second-order valence-electron chi connectivity index (χ2n) is 2.55. The van der Waals surface area contributed by atoms with E-state index in [1.54, 1.807) is 0 Å². The van der Waals surface area contributed by atoms with Crippen LogP contribution in [0.3, 0.4) is 0 Å². The van der Waals surface area contributed by atoms with Gasteiger partial charge in [0.05, 0.1) is 18.6 Å². The summed E-state index contributed by atoms with van der Waals surface area (Å²) in [5.41, 5.74) is 5.79. The number of aliphatic hydroxyl groups is 1. The molecule has 1 rings (SSSR count). The number of hydrogen-bond acceptors (Lipinski definition) is 4. The molecule has 0 aromatic carbocycles. The van der Waals surface area contributed by atoms with Crippen LogP contribution in [0.2, 0.25) is 0 Å². The summed E-state index contributed by atoms with van der Waals surface area (Å²) in [6.45, 7) is 0.186. The van der Waals surface area contributed by atoms with E-state index >= 15 is 0 Å². The van der Waals surface area contributed by atoms with Crippen LogP contribution in [0, 0.1) is 3.57 Å². The van der Waals surface area contributed by atoms with Crippen molar-refractivity contribution in [3.63, 3.8) is 0 Å². The Hall–Kier alpha value is -0.470. The van der Waals surface area contributed by atoms with Gasteiger partial charge in [-0.15, -0.1) is 0 Å². The monoisotopic (exact) mass is 295 g/mol. The molecule has 0 aliphatic rings. The van der Waals surface area contributed by atoms with E-state index in [0.717, 1.165) is 0 Å². The number of aliphatic hydroxyl groups excluding tert-OH is 1. The molecular weight excluding hydrogens is 285 g/mol. The van der Waals surface area contributed by atoms with Gasteiger partial charge in [-0.3, -0.25) is 4.79 Å². The Morgan fingerprint density at radius 2 is 2.46 bits per heavy atom. The average molecular weight is 295 g/mol. The molecule has 0 saturated heterocycles. The first-order chi connectivity index (χ1) is 6.20. The molecule has 72 valence electrons. The maximum atomic E-state index is 11.2. The van der Waals surface area contributed by atoms with Gasteiger partial charge in [-0.25, -0.2) is 4.98 Å². The zero-order chi connectivity index (χ0) is 9.84. The van der Waals surface area contributed by atoms with Crippen molar-refractivity contribution < 1.29 is 5.11 Å². The minimum Gasteiger partial charge on any atom is -0.396 e. The second kappa shape index (κ2) is 4.68. The van der Waals surface area contributed by atoms with Crippen LogP contribution in [0.4, 0.5) is 0 Å². The van der Waals surface area contributed by atoms with Crippen molar-refractivity contribution in [1.82, 2.24) is 9.97 Å². The van der Waals surface area contributed by atoms with Crippen LogP contribution in [0.1, 0.15) is 11.6 Å². The Bertz CT molecular complexity index is 335. The molecule has 1 aromatic heterocycles. The quantitative estimate of drug-likeness (QED) is 0.650. The number of rotatable bonds is 3. The third-order valence-corrected chi connectivity index (χ3v) is 2.76. The summed E-state index contributed by atoms with van der Waals surface area (Å²) < 4.78 is 0.490. The molecule has 1 aromatic rings. The highest BCUT2D eigenvalue weighted by Gasteiger charge is 2.15. The first kappa shape index (κ1) is 10.6. The molecule has 0 spiro atoms.